The van der Waals surface area contributed by atoms with Crippen molar-refractivity contribution < 1.29 is 9.59 Å². The van der Waals surface area contributed by atoms with Gasteiger partial charge in [0.2, 0.25) is 5.91 Å². The molecule has 3 rings (SSSR count). The number of nitrogens with zero attached hydrogens (tertiary/aromatic N) is 2. The Labute approximate surface area is 158 Å². The van der Waals surface area contributed by atoms with Crippen molar-refractivity contribution in [1.29, 1.82) is 0 Å². The van der Waals surface area contributed by atoms with E-state index in [1.807, 2.05) is 23.6 Å². The Balaban J connectivity index is 1.54. The van der Waals surface area contributed by atoms with Gasteiger partial charge in [0.25, 0.3) is 0 Å². The summed E-state index contributed by atoms with van der Waals surface area (Å²) in [5.74, 6) is -0.0987. The van der Waals surface area contributed by atoms with E-state index < -0.39 is 0 Å². The molecule has 0 bridgehead atoms. The van der Waals surface area contributed by atoms with E-state index in [0.717, 1.165) is 37.4 Å². The van der Waals surface area contributed by atoms with Gasteiger partial charge in [-0.1, -0.05) is 6.07 Å². The summed E-state index contributed by atoms with van der Waals surface area (Å²) < 4.78 is 0. The van der Waals surface area contributed by atoms with Crippen LogP contribution in [0.4, 0.5) is 11.4 Å². The van der Waals surface area contributed by atoms with Crippen LogP contribution >= 0.6 is 11.3 Å². The highest BCUT2D eigenvalue weighted by Crippen LogP contribution is 2.25. The number of benzene rings is 1. The number of thiophene rings is 1. The smallest absolute Gasteiger partial charge is 0.224 e. The van der Waals surface area contributed by atoms with Crippen molar-refractivity contribution in [2.75, 3.05) is 43.4 Å². The van der Waals surface area contributed by atoms with E-state index in [1.54, 1.807) is 6.07 Å². The van der Waals surface area contributed by atoms with Crippen LogP contribution in [0.3, 0.4) is 0 Å². The Morgan fingerprint density at radius 2 is 1.88 bits per heavy atom. The maximum absolute atomic E-state index is 12.1. The maximum Gasteiger partial charge on any atom is 0.224 e. The van der Waals surface area contributed by atoms with Gasteiger partial charge in [0, 0.05) is 50.4 Å². The standard InChI is InChI=1S/C20H25N3O2S/c1-15-14-16(5-6-17(15)23-11-9-22(2)10-12-23)21-20(25)8-7-18(24)19-4-3-13-26-19/h3-6,13-14H,7-12H2,1-2H3,(H,21,25). The summed E-state index contributed by atoms with van der Waals surface area (Å²) in [6.45, 7) is 6.25. The number of aryl methyl sites for hydroxylation is 1. The van der Waals surface area contributed by atoms with Gasteiger partial charge >= 0.3 is 0 Å². The molecule has 1 aromatic carbocycles. The number of anilines is 2. The fourth-order valence-electron chi connectivity index (χ4n) is 3.15. The normalized spacial score (nSPS) is 15.1. The molecule has 5 nitrogen and oxygen atoms in total. The number of rotatable bonds is 6. The molecule has 26 heavy (non-hydrogen) atoms. The van der Waals surface area contributed by atoms with Crippen LogP contribution in [0.2, 0.25) is 0 Å². The number of piperazine rings is 1. The SMILES string of the molecule is Cc1cc(NC(=O)CCC(=O)c2cccs2)ccc1N1CCN(C)CC1. The monoisotopic (exact) mass is 371 g/mol. The Bertz CT molecular complexity index is 765. The topological polar surface area (TPSA) is 52.7 Å². The van der Waals surface area contributed by atoms with Crippen molar-refractivity contribution in [3.8, 4) is 0 Å². The van der Waals surface area contributed by atoms with Crippen molar-refractivity contribution in [3.63, 3.8) is 0 Å². The van der Waals surface area contributed by atoms with Gasteiger partial charge in [-0.3, -0.25) is 9.59 Å². The number of carbonyl (C=O) groups excluding carboxylic acids is 2. The summed E-state index contributed by atoms with van der Waals surface area (Å²) in [6.07, 6.45) is 0.445. The first-order valence-corrected chi connectivity index (χ1v) is 9.81. The summed E-state index contributed by atoms with van der Waals surface area (Å²) in [5, 5.41) is 4.78. The first-order chi connectivity index (χ1) is 12.5. The summed E-state index contributed by atoms with van der Waals surface area (Å²) >= 11 is 1.41. The molecule has 0 saturated carbocycles. The van der Waals surface area contributed by atoms with E-state index in [-0.39, 0.29) is 24.5 Å². The lowest BCUT2D eigenvalue weighted by Gasteiger charge is -2.35. The lowest BCUT2D eigenvalue weighted by Crippen LogP contribution is -2.44. The first-order valence-electron chi connectivity index (χ1n) is 8.93. The molecule has 0 spiro atoms. The van der Waals surface area contributed by atoms with Crippen LogP contribution in [-0.2, 0) is 4.79 Å². The molecule has 1 amide bonds. The number of likely N-dealkylation sites (N-methyl/N-ethyl adjacent to an activating group) is 1. The lowest BCUT2D eigenvalue weighted by atomic mass is 10.1. The highest BCUT2D eigenvalue weighted by Gasteiger charge is 2.16. The molecular weight excluding hydrogens is 346 g/mol. The zero-order valence-corrected chi connectivity index (χ0v) is 16.1. The quantitative estimate of drug-likeness (QED) is 0.791. The van der Waals surface area contributed by atoms with Crippen molar-refractivity contribution in [3.05, 3.63) is 46.2 Å². The third-order valence-corrected chi connectivity index (χ3v) is 5.61. The molecule has 1 N–H and O–H groups in total. The third-order valence-electron chi connectivity index (χ3n) is 4.70. The second-order valence-corrected chi connectivity index (χ2v) is 7.69. The zero-order chi connectivity index (χ0) is 18.5. The van der Waals surface area contributed by atoms with Gasteiger partial charge in [0.05, 0.1) is 4.88 Å². The Kier molecular flexibility index (Phi) is 6.06. The maximum atomic E-state index is 12.1. The molecular formula is C20H25N3O2S. The van der Waals surface area contributed by atoms with Crippen LogP contribution < -0.4 is 10.2 Å². The molecule has 1 aliphatic rings. The molecule has 2 heterocycles. The molecule has 0 radical (unpaired) electrons. The lowest BCUT2D eigenvalue weighted by molar-refractivity contribution is -0.116. The van der Waals surface area contributed by atoms with Crippen molar-refractivity contribution >= 4 is 34.4 Å². The predicted molar refractivity (Wildman–Crippen MR) is 107 cm³/mol. The molecule has 0 atom stereocenters. The largest absolute Gasteiger partial charge is 0.369 e. The van der Waals surface area contributed by atoms with E-state index in [2.05, 4.69) is 35.2 Å². The predicted octanol–water partition coefficient (Wildman–Crippen LogP) is 3.41. The highest BCUT2D eigenvalue weighted by molar-refractivity contribution is 7.12. The number of hydrogen-bond donors (Lipinski definition) is 1. The number of ketones is 1. The number of Topliss-reactive ketones (excluding diaryl/α,β-unsaturated/α-hetero) is 1. The van der Waals surface area contributed by atoms with Crippen LogP contribution in [0.5, 0.6) is 0 Å². The summed E-state index contributed by atoms with van der Waals surface area (Å²) in [6, 6.07) is 9.67. The average molecular weight is 372 g/mol. The molecule has 6 heteroatoms. The average Bonchev–Trinajstić information content (AvgIpc) is 3.16. The van der Waals surface area contributed by atoms with Crippen molar-refractivity contribution in [1.82, 2.24) is 4.90 Å². The fourth-order valence-corrected chi connectivity index (χ4v) is 3.84. The minimum Gasteiger partial charge on any atom is -0.369 e. The fraction of sp³-hybridized carbons (Fsp3) is 0.400. The van der Waals surface area contributed by atoms with Gasteiger partial charge in [0.1, 0.15) is 0 Å². The first kappa shape index (κ1) is 18.6. The third kappa shape index (κ3) is 4.71. The highest BCUT2D eigenvalue weighted by atomic mass is 32.1. The molecule has 0 aliphatic carbocycles. The molecule has 2 aromatic rings. The second kappa shape index (κ2) is 8.47. The van der Waals surface area contributed by atoms with E-state index in [9.17, 15) is 9.59 Å². The van der Waals surface area contributed by atoms with Crippen LogP contribution in [0.15, 0.2) is 35.7 Å². The van der Waals surface area contributed by atoms with Gasteiger partial charge in [-0.2, -0.15) is 0 Å². The van der Waals surface area contributed by atoms with Gasteiger partial charge in [-0.25, -0.2) is 0 Å². The van der Waals surface area contributed by atoms with Crippen LogP contribution in [0.25, 0.3) is 0 Å². The van der Waals surface area contributed by atoms with Crippen molar-refractivity contribution in [2.24, 2.45) is 0 Å². The molecule has 0 unspecified atom stereocenters. The van der Waals surface area contributed by atoms with Crippen LogP contribution in [-0.4, -0.2) is 49.8 Å². The van der Waals surface area contributed by atoms with Gasteiger partial charge in [0.15, 0.2) is 5.78 Å². The summed E-state index contributed by atoms with van der Waals surface area (Å²) in [4.78, 5) is 29.6. The summed E-state index contributed by atoms with van der Waals surface area (Å²) in [5.41, 5.74) is 3.17. The van der Waals surface area contributed by atoms with Crippen LogP contribution in [0.1, 0.15) is 28.1 Å². The molecule has 1 saturated heterocycles. The Morgan fingerprint density at radius 3 is 2.54 bits per heavy atom. The number of nitrogens with one attached hydrogen (secondary N) is 1. The molecule has 1 aromatic heterocycles. The number of hydrogen-bond acceptors (Lipinski definition) is 5. The molecule has 1 aliphatic heterocycles. The van der Waals surface area contributed by atoms with Gasteiger partial charge in [-0.15, -0.1) is 11.3 Å². The number of amides is 1. The van der Waals surface area contributed by atoms with E-state index in [0.29, 0.717) is 4.88 Å². The molecule has 138 valence electrons. The van der Waals surface area contributed by atoms with E-state index in [4.69, 9.17) is 0 Å². The van der Waals surface area contributed by atoms with Gasteiger partial charge in [-0.05, 0) is 49.2 Å². The minimum absolute atomic E-state index is 0.0248. The van der Waals surface area contributed by atoms with Crippen molar-refractivity contribution in [2.45, 2.75) is 19.8 Å². The van der Waals surface area contributed by atoms with Gasteiger partial charge < -0.3 is 15.1 Å². The zero-order valence-electron chi connectivity index (χ0n) is 15.3. The Morgan fingerprint density at radius 1 is 1.12 bits per heavy atom. The van der Waals surface area contributed by atoms with E-state index >= 15 is 0 Å². The minimum atomic E-state index is -0.123. The summed E-state index contributed by atoms with van der Waals surface area (Å²) in [7, 11) is 2.14. The molecule has 1 fully saturated rings. The van der Waals surface area contributed by atoms with Crippen LogP contribution in [0, 0.1) is 6.92 Å². The van der Waals surface area contributed by atoms with E-state index in [1.165, 1.54) is 17.0 Å². The Hall–Kier alpha value is -2.18. The number of carbonyl (C=O) groups is 2. The second-order valence-electron chi connectivity index (χ2n) is 6.74.